The Morgan fingerprint density at radius 2 is 2.08 bits per heavy atom. The lowest BCUT2D eigenvalue weighted by molar-refractivity contribution is 0.492. The number of fused-ring (bicyclic) bond motifs is 3. The second-order valence-corrected chi connectivity index (χ2v) is 6.74. The van der Waals surface area contributed by atoms with Crippen molar-refractivity contribution in [1.82, 2.24) is 49.3 Å². The van der Waals surface area contributed by atoms with Crippen LogP contribution in [0.25, 0.3) is 28.2 Å². The lowest BCUT2D eigenvalue weighted by Gasteiger charge is -2.04. The number of rotatable bonds is 3. The molecule has 130 valence electrons. The third kappa shape index (κ3) is 2.24. The molecule has 0 aliphatic rings. The number of aryl methyl sites for hydroxylation is 1. The molecule has 0 aromatic carbocycles. The predicted molar refractivity (Wildman–Crippen MR) is 96.5 cm³/mol. The van der Waals surface area contributed by atoms with Gasteiger partial charge in [0.25, 0.3) is 0 Å². The Balaban J connectivity index is 1.51. The molecule has 0 saturated heterocycles. The van der Waals surface area contributed by atoms with Crippen LogP contribution in [0, 0.1) is 13.8 Å². The van der Waals surface area contributed by atoms with Crippen molar-refractivity contribution in [3.63, 3.8) is 0 Å². The van der Waals surface area contributed by atoms with Crippen LogP contribution in [-0.4, -0.2) is 49.3 Å². The Bertz CT molecular complexity index is 1260. The van der Waals surface area contributed by atoms with Gasteiger partial charge in [0, 0.05) is 6.20 Å². The maximum Gasteiger partial charge on any atom is 0.202 e. The summed E-state index contributed by atoms with van der Waals surface area (Å²) in [5, 5.41) is 21.2. The molecule has 0 bridgehead atoms. The highest BCUT2D eigenvalue weighted by atomic mass is 79.9. The highest BCUT2D eigenvalue weighted by molar-refractivity contribution is 9.10. The molecule has 0 atom stereocenters. The van der Waals surface area contributed by atoms with Crippen LogP contribution in [0.15, 0.2) is 29.3 Å². The molecular formula is C15H13BrN10. The Morgan fingerprint density at radius 1 is 1.19 bits per heavy atom. The highest BCUT2D eigenvalue weighted by Gasteiger charge is 2.14. The van der Waals surface area contributed by atoms with Crippen molar-refractivity contribution in [3.8, 4) is 11.5 Å². The lowest BCUT2D eigenvalue weighted by Crippen LogP contribution is -2.11. The molecule has 10 nitrogen and oxygen atoms in total. The van der Waals surface area contributed by atoms with Crippen LogP contribution in [0.2, 0.25) is 0 Å². The van der Waals surface area contributed by atoms with E-state index in [-0.39, 0.29) is 0 Å². The maximum atomic E-state index is 4.59. The van der Waals surface area contributed by atoms with Gasteiger partial charge in [0.05, 0.1) is 27.4 Å². The van der Waals surface area contributed by atoms with Gasteiger partial charge in [0.15, 0.2) is 11.3 Å². The number of hydrogen-bond donors (Lipinski definition) is 1. The van der Waals surface area contributed by atoms with E-state index in [9.17, 15) is 0 Å². The summed E-state index contributed by atoms with van der Waals surface area (Å²) in [5.74, 6) is 0.536. The predicted octanol–water partition coefficient (Wildman–Crippen LogP) is 1.95. The summed E-state index contributed by atoms with van der Waals surface area (Å²) in [7, 11) is 0. The van der Waals surface area contributed by atoms with Crippen molar-refractivity contribution in [2.75, 3.05) is 0 Å². The number of halogens is 1. The van der Waals surface area contributed by atoms with Crippen LogP contribution in [-0.2, 0) is 6.67 Å². The molecule has 0 radical (unpaired) electrons. The third-order valence-corrected chi connectivity index (χ3v) is 5.38. The minimum absolute atomic E-state index is 0.513. The summed E-state index contributed by atoms with van der Waals surface area (Å²) in [6, 6.07) is 1.88. The van der Waals surface area contributed by atoms with Gasteiger partial charge in [-0.3, -0.25) is 9.78 Å². The molecule has 0 amide bonds. The summed E-state index contributed by atoms with van der Waals surface area (Å²) < 4.78 is 6.35. The fourth-order valence-corrected chi connectivity index (χ4v) is 3.14. The van der Waals surface area contributed by atoms with Crippen molar-refractivity contribution < 1.29 is 0 Å². The van der Waals surface area contributed by atoms with Crippen molar-refractivity contribution in [3.05, 3.63) is 40.6 Å². The molecular weight excluding hydrogens is 400 g/mol. The Labute approximate surface area is 155 Å². The smallest absolute Gasteiger partial charge is 0.202 e. The molecule has 5 aromatic heterocycles. The van der Waals surface area contributed by atoms with E-state index < -0.39 is 0 Å². The molecule has 5 aromatic rings. The monoisotopic (exact) mass is 412 g/mol. The SMILES string of the molecule is Cc1nn(Cn2ccc(-c3nc4c5cn[nH]c5ncn4n3)n2)c(C)c1Br. The zero-order chi connectivity index (χ0) is 17.8. The molecule has 0 unspecified atom stereocenters. The van der Waals surface area contributed by atoms with E-state index in [4.69, 9.17) is 0 Å². The van der Waals surface area contributed by atoms with Gasteiger partial charge in [0.1, 0.15) is 18.7 Å². The Hall–Kier alpha value is -3.08. The van der Waals surface area contributed by atoms with E-state index in [1.54, 1.807) is 21.7 Å². The Kier molecular flexibility index (Phi) is 3.19. The van der Waals surface area contributed by atoms with Gasteiger partial charge in [-0.1, -0.05) is 0 Å². The van der Waals surface area contributed by atoms with Gasteiger partial charge in [-0.05, 0) is 35.8 Å². The number of hydrogen-bond acceptors (Lipinski definition) is 6. The summed E-state index contributed by atoms with van der Waals surface area (Å²) in [5.41, 5.74) is 4.06. The van der Waals surface area contributed by atoms with E-state index in [1.807, 2.05) is 30.8 Å². The van der Waals surface area contributed by atoms with Crippen LogP contribution in [0.5, 0.6) is 0 Å². The normalized spacial score (nSPS) is 11.8. The van der Waals surface area contributed by atoms with Crippen molar-refractivity contribution in [2.45, 2.75) is 20.5 Å². The van der Waals surface area contributed by atoms with Crippen LogP contribution in [0.3, 0.4) is 0 Å². The largest absolute Gasteiger partial charge is 0.261 e. The van der Waals surface area contributed by atoms with Gasteiger partial charge in [-0.2, -0.15) is 15.3 Å². The van der Waals surface area contributed by atoms with E-state index in [2.05, 4.69) is 51.4 Å². The highest BCUT2D eigenvalue weighted by Crippen LogP contribution is 2.21. The molecule has 26 heavy (non-hydrogen) atoms. The van der Waals surface area contributed by atoms with Crippen LogP contribution in [0.1, 0.15) is 11.4 Å². The minimum atomic E-state index is 0.513. The van der Waals surface area contributed by atoms with Gasteiger partial charge in [-0.25, -0.2) is 19.2 Å². The summed E-state index contributed by atoms with van der Waals surface area (Å²) in [6.45, 7) is 4.49. The van der Waals surface area contributed by atoms with Crippen molar-refractivity contribution in [1.29, 1.82) is 0 Å². The van der Waals surface area contributed by atoms with Crippen molar-refractivity contribution >= 4 is 32.6 Å². The van der Waals surface area contributed by atoms with Gasteiger partial charge in [-0.15, -0.1) is 5.10 Å². The average molecular weight is 413 g/mol. The fraction of sp³-hybridized carbons (Fsp3) is 0.200. The summed E-state index contributed by atoms with van der Waals surface area (Å²) in [4.78, 5) is 8.84. The zero-order valence-corrected chi connectivity index (χ0v) is 15.5. The van der Waals surface area contributed by atoms with Crippen LogP contribution >= 0.6 is 15.9 Å². The van der Waals surface area contributed by atoms with Gasteiger partial charge < -0.3 is 0 Å². The first-order valence-corrected chi connectivity index (χ1v) is 8.67. The molecule has 1 N–H and O–H groups in total. The van der Waals surface area contributed by atoms with Gasteiger partial charge >= 0.3 is 0 Å². The number of aromatic nitrogens is 10. The number of aromatic amines is 1. The first kappa shape index (κ1) is 15.2. The first-order chi connectivity index (χ1) is 12.6. The third-order valence-electron chi connectivity index (χ3n) is 4.23. The number of nitrogens with zero attached hydrogens (tertiary/aromatic N) is 9. The first-order valence-electron chi connectivity index (χ1n) is 7.88. The molecule has 0 spiro atoms. The van der Waals surface area contributed by atoms with Crippen LogP contribution < -0.4 is 0 Å². The molecule has 5 rings (SSSR count). The zero-order valence-electron chi connectivity index (χ0n) is 13.9. The van der Waals surface area contributed by atoms with Gasteiger partial charge in [0.2, 0.25) is 5.82 Å². The molecule has 0 aliphatic carbocycles. The Morgan fingerprint density at radius 3 is 2.88 bits per heavy atom. The average Bonchev–Trinajstić information content (AvgIpc) is 3.38. The lowest BCUT2D eigenvalue weighted by atomic mass is 10.4. The number of H-pyrrole nitrogens is 1. The number of nitrogens with one attached hydrogen (secondary N) is 1. The molecule has 11 heteroatoms. The van der Waals surface area contributed by atoms with E-state index in [0.29, 0.717) is 29.5 Å². The van der Waals surface area contributed by atoms with Crippen molar-refractivity contribution in [2.24, 2.45) is 0 Å². The second kappa shape index (κ2) is 5.46. The topological polar surface area (TPSA) is 107 Å². The summed E-state index contributed by atoms with van der Waals surface area (Å²) in [6.07, 6.45) is 5.18. The minimum Gasteiger partial charge on any atom is -0.261 e. The molecule has 5 heterocycles. The molecule has 0 saturated carbocycles. The quantitative estimate of drug-likeness (QED) is 0.485. The fourth-order valence-electron chi connectivity index (χ4n) is 2.86. The van der Waals surface area contributed by atoms with E-state index >= 15 is 0 Å². The molecule has 0 aliphatic heterocycles. The van der Waals surface area contributed by atoms with Crippen LogP contribution in [0.4, 0.5) is 0 Å². The molecule has 0 fully saturated rings. The van der Waals surface area contributed by atoms with E-state index in [0.717, 1.165) is 21.2 Å². The second-order valence-electron chi connectivity index (χ2n) is 5.95. The summed E-state index contributed by atoms with van der Waals surface area (Å²) >= 11 is 3.54. The maximum absolute atomic E-state index is 4.59. The standard InChI is InChI=1S/C15H13BrN10/c1-8-12(16)9(2)26(21-8)7-24-4-3-11(22-24)14-19-15-10-5-18-20-13(10)17-6-25(15)23-14/h3-6H,7H2,1-2H3,(H,18,20). The van der Waals surface area contributed by atoms with E-state index in [1.165, 1.54) is 0 Å².